The van der Waals surface area contributed by atoms with Crippen LogP contribution in [0.2, 0.25) is 15.1 Å². The van der Waals surface area contributed by atoms with Gasteiger partial charge in [0.05, 0.1) is 32.9 Å². The highest BCUT2D eigenvalue weighted by atomic mass is 35.5. The molecule has 1 heterocycles. The van der Waals surface area contributed by atoms with Gasteiger partial charge >= 0.3 is 0 Å². The Bertz CT molecular complexity index is 1230. The second-order valence-corrected chi connectivity index (χ2v) is 9.76. The predicted octanol–water partition coefficient (Wildman–Crippen LogP) is 5.24. The standard InChI is InChI=1S/C21H15Cl3N2O4S/c22-13-8-10-14(11-9-13)31(28,29)26-12-19(30-18-7-2-1-6-17(18)26)21(27)25-20-15(23)4-3-5-16(20)24/h1-11,19H,12H2,(H,25,27). The van der Waals surface area contributed by atoms with Crippen LogP contribution in [-0.4, -0.2) is 27.0 Å². The Labute approximate surface area is 194 Å². The van der Waals surface area contributed by atoms with Crippen LogP contribution < -0.4 is 14.4 Å². The molecule has 1 N–H and O–H groups in total. The number of nitrogens with zero attached hydrogens (tertiary/aromatic N) is 1. The van der Waals surface area contributed by atoms with Crippen LogP contribution >= 0.6 is 34.8 Å². The van der Waals surface area contributed by atoms with Gasteiger partial charge in [-0.15, -0.1) is 0 Å². The monoisotopic (exact) mass is 496 g/mol. The lowest BCUT2D eigenvalue weighted by atomic mass is 10.2. The van der Waals surface area contributed by atoms with Crippen molar-refractivity contribution in [3.05, 3.63) is 81.8 Å². The van der Waals surface area contributed by atoms with Crippen molar-refractivity contribution in [3.63, 3.8) is 0 Å². The third-order valence-corrected chi connectivity index (χ3v) is 7.32. The van der Waals surface area contributed by atoms with E-state index in [0.717, 1.165) is 4.31 Å². The molecule has 10 heteroatoms. The molecule has 0 saturated heterocycles. The van der Waals surface area contributed by atoms with Crippen LogP contribution in [0.1, 0.15) is 0 Å². The summed E-state index contributed by atoms with van der Waals surface area (Å²) in [5.74, 6) is -0.322. The van der Waals surface area contributed by atoms with Gasteiger partial charge in [-0.3, -0.25) is 9.10 Å². The maximum atomic E-state index is 13.3. The van der Waals surface area contributed by atoms with Crippen LogP contribution in [0.15, 0.2) is 71.6 Å². The number of ether oxygens (including phenoxy) is 1. The van der Waals surface area contributed by atoms with E-state index >= 15 is 0 Å². The van der Waals surface area contributed by atoms with E-state index in [-0.39, 0.29) is 32.9 Å². The molecule has 6 nitrogen and oxygen atoms in total. The number of halogens is 3. The van der Waals surface area contributed by atoms with Crippen molar-refractivity contribution >= 4 is 62.1 Å². The normalized spacial score (nSPS) is 15.7. The van der Waals surface area contributed by atoms with Crippen molar-refractivity contribution in [3.8, 4) is 5.75 Å². The number of hydrogen-bond acceptors (Lipinski definition) is 4. The lowest BCUT2D eigenvalue weighted by molar-refractivity contribution is -0.122. The van der Waals surface area contributed by atoms with E-state index in [1.807, 2.05) is 0 Å². The zero-order chi connectivity index (χ0) is 22.2. The summed E-state index contributed by atoms with van der Waals surface area (Å²) in [6.45, 7) is -0.240. The van der Waals surface area contributed by atoms with Gasteiger partial charge in [0.25, 0.3) is 15.9 Å². The number of anilines is 2. The average molecular weight is 498 g/mol. The van der Waals surface area contributed by atoms with Gasteiger partial charge in [0.1, 0.15) is 5.75 Å². The molecule has 1 amide bonds. The number of hydrogen-bond donors (Lipinski definition) is 1. The summed E-state index contributed by atoms with van der Waals surface area (Å²) in [7, 11) is -3.99. The van der Waals surface area contributed by atoms with Crippen molar-refractivity contribution in [2.24, 2.45) is 0 Å². The second kappa shape index (κ2) is 8.59. The van der Waals surface area contributed by atoms with Crippen LogP contribution in [0.25, 0.3) is 0 Å². The minimum Gasteiger partial charge on any atom is -0.476 e. The summed E-state index contributed by atoms with van der Waals surface area (Å²) in [6, 6.07) is 17.2. The Hall–Kier alpha value is -2.45. The van der Waals surface area contributed by atoms with Crippen LogP contribution in [0.5, 0.6) is 5.75 Å². The van der Waals surface area contributed by atoms with E-state index in [9.17, 15) is 13.2 Å². The molecule has 1 aliphatic heterocycles. The number of carbonyl (C=O) groups is 1. The fourth-order valence-corrected chi connectivity index (χ4v) is 5.21. The van der Waals surface area contributed by atoms with Gasteiger partial charge in [0.2, 0.25) is 0 Å². The Kier molecular flexibility index (Phi) is 6.03. The number of rotatable bonds is 4. The molecule has 31 heavy (non-hydrogen) atoms. The smallest absolute Gasteiger partial charge is 0.267 e. The summed E-state index contributed by atoms with van der Waals surface area (Å²) in [5, 5.41) is 3.55. The van der Waals surface area contributed by atoms with Gasteiger partial charge in [0.15, 0.2) is 6.10 Å². The van der Waals surface area contributed by atoms with Gasteiger partial charge in [0, 0.05) is 5.02 Å². The summed E-state index contributed by atoms with van der Waals surface area (Å²) < 4.78 is 33.6. The van der Waals surface area contributed by atoms with Crippen LogP contribution in [0, 0.1) is 0 Å². The number of carbonyl (C=O) groups excluding carboxylic acids is 1. The van der Waals surface area contributed by atoms with E-state index < -0.39 is 22.0 Å². The Morgan fingerprint density at radius 1 is 0.935 bits per heavy atom. The maximum absolute atomic E-state index is 13.3. The Morgan fingerprint density at radius 2 is 1.58 bits per heavy atom. The van der Waals surface area contributed by atoms with E-state index in [1.54, 1.807) is 42.5 Å². The first-order chi connectivity index (χ1) is 14.8. The van der Waals surface area contributed by atoms with E-state index in [4.69, 9.17) is 39.5 Å². The number of amides is 1. The van der Waals surface area contributed by atoms with Crippen molar-refractivity contribution < 1.29 is 17.9 Å². The lowest BCUT2D eigenvalue weighted by Gasteiger charge is -2.34. The van der Waals surface area contributed by atoms with Gasteiger partial charge in [-0.05, 0) is 48.5 Å². The first-order valence-corrected chi connectivity index (χ1v) is 11.6. The zero-order valence-electron chi connectivity index (χ0n) is 15.8. The molecule has 0 saturated carbocycles. The minimum absolute atomic E-state index is 0.0434. The number of nitrogens with one attached hydrogen (secondary N) is 1. The molecule has 0 aromatic heterocycles. The number of fused-ring (bicyclic) bond motifs is 1. The highest BCUT2D eigenvalue weighted by Crippen LogP contribution is 2.37. The highest BCUT2D eigenvalue weighted by molar-refractivity contribution is 7.92. The molecule has 4 rings (SSSR count). The minimum atomic E-state index is -3.99. The summed E-state index contributed by atoms with van der Waals surface area (Å²) >= 11 is 18.2. The summed E-state index contributed by atoms with van der Waals surface area (Å²) in [4.78, 5) is 13.0. The molecule has 0 bridgehead atoms. The zero-order valence-corrected chi connectivity index (χ0v) is 18.8. The summed E-state index contributed by atoms with van der Waals surface area (Å²) in [5.41, 5.74) is 0.558. The number of para-hydroxylation sites is 3. The first-order valence-electron chi connectivity index (χ1n) is 9.06. The van der Waals surface area contributed by atoms with Gasteiger partial charge < -0.3 is 10.1 Å². The molecule has 0 aliphatic carbocycles. The number of sulfonamides is 1. The number of benzene rings is 3. The van der Waals surface area contributed by atoms with Crippen molar-refractivity contribution in [2.45, 2.75) is 11.0 Å². The maximum Gasteiger partial charge on any atom is 0.267 e. The molecular formula is C21H15Cl3N2O4S. The van der Waals surface area contributed by atoms with Crippen LogP contribution in [0.4, 0.5) is 11.4 Å². The van der Waals surface area contributed by atoms with E-state index in [1.165, 1.54) is 24.3 Å². The van der Waals surface area contributed by atoms with Crippen molar-refractivity contribution in [1.29, 1.82) is 0 Å². The fourth-order valence-electron chi connectivity index (χ4n) is 3.12. The van der Waals surface area contributed by atoms with Crippen LogP contribution in [0.3, 0.4) is 0 Å². The van der Waals surface area contributed by atoms with E-state index in [2.05, 4.69) is 5.32 Å². The molecule has 1 atom stereocenters. The largest absolute Gasteiger partial charge is 0.476 e. The summed E-state index contributed by atoms with van der Waals surface area (Å²) in [6.07, 6.45) is -1.13. The lowest BCUT2D eigenvalue weighted by Crippen LogP contribution is -2.48. The van der Waals surface area contributed by atoms with Gasteiger partial charge in [-0.1, -0.05) is 53.0 Å². The quantitative estimate of drug-likeness (QED) is 0.535. The molecular weight excluding hydrogens is 483 g/mol. The second-order valence-electron chi connectivity index (χ2n) is 6.65. The molecule has 1 aliphatic rings. The van der Waals surface area contributed by atoms with Crippen molar-refractivity contribution in [1.82, 2.24) is 0 Å². The van der Waals surface area contributed by atoms with Gasteiger partial charge in [-0.25, -0.2) is 8.42 Å². The fraction of sp³-hybridized carbons (Fsp3) is 0.0952. The molecule has 3 aromatic carbocycles. The molecule has 1 unspecified atom stereocenters. The van der Waals surface area contributed by atoms with Crippen molar-refractivity contribution in [2.75, 3.05) is 16.2 Å². The average Bonchev–Trinajstić information content (AvgIpc) is 2.75. The Balaban J connectivity index is 1.69. The predicted molar refractivity (Wildman–Crippen MR) is 122 cm³/mol. The van der Waals surface area contributed by atoms with E-state index in [0.29, 0.717) is 10.7 Å². The van der Waals surface area contributed by atoms with Crippen LogP contribution in [-0.2, 0) is 14.8 Å². The molecule has 3 aromatic rings. The third kappa shape index (κ3) is 4.32. The first kappa shape index (κ1) is 21.8. The topological polar surface area (TPSA) is 75.7 Å². The van der Waals surface area contributed by atoms with Gasteiger partial charge in [-0.2, -0.15) is 0 Å². The third-order valence-electron chi connectivity index (χ3n) is 4.64. The molecule has 0 fully saturated rings. The molecule has 0 spiro atoms. The SMILES string of the molecule is O=C(Nc1c(Cl)cccc1Cl)C1CN(S(=O)(=O)c2ccc(Cl)cc2)c2ccccc2O1. The molecule has 0 radical (unpaired) electrons. The molecule has 160 valence electrons. The highest BCUT2D eigenvalue weighted by Gasteiger charge is 2.37. The Morgan fingerprint density at radius 3 is 2.26 bits per heavy atom.